The summed E-state index contributed by atoms with van der Waals surface area (Å²) >= 11 is 0. The van der Waals surface area contributed by atoms with E-state index in [9.17, 15) is 9.18 Å². The Balaban J connectivity index is 1.58. The standard InChI is InChI=1S/C15H13FN2O2/c16-14-6-2-1-5-13(14)15(19)18-9-12(10-18)20-11-4-3-7-17-8-11/h1-8,12H,9-10H2. The predicted molar refractivity (Wildman–Crippen MR) is 71.0 cm³/mol. The number of carbonyl (C=O) groups is 1. The maximum atomic E-state index is 13.5. The van der Waals surface area contributed by atoms with Crippen LogP contribution in [0.1, 0.15) is 10.4 Å². The molecule has 0 spiro atoms. The Morgan fingerprint density at radius 1 is 1.25 bits per heavy atom. The fourth-order valence-electron chi connectivity index (χ4n) is 2.09. The van der Waals surface area contributed by atoms with Crippen LogP contribution in [0.15, 0.2) is 48.8 Å². The van der Waals surface area contributed by atoms with Crippen LogP contribution in [0.2, 0.25) is 0 Å². The second-order valence-electron chi connectivity index (χ2n) is 4.62. The smallest absolute Gasteiger partial charge is 0.257 e. The molecule has 2 heterocycles. The van der Waals surface area contributed by atoms with E-state index in [0.29, 0.717) is 18.8 Å². The predicted octanol–water partition coefficient (Wildman–Crippen LogP) is 2.12. The van der Waals surface area contributed by atoms with Gasteiger partial charge >= 0.3 is 0 Å². The van der Waals surface area contributed by atoms with E-state index in [1.54, 1.807) is 35.5 Å². The fourth-order valence-corrected chi connectivity index (χ4v) is 2.09. The van der Waals surface area contributed by atoms with Crippen molar-refractivity contribution in [3.8, 4) is 5.75 Å². The first-order valence-electron chi connectivity index (χ1n) is 6.34. The highest BCUT2D eigenvalue weighted by Gasteiger charge is 2.33. The molecule has 0 N–H and O–H groups in total. The number of hydrogen-bond donors (Lipinski definition) is 0. The van der Waals surface area contributed by atoms with Gasteiger partial charge in [0.1, 0.15) is 17.7 Å². The molecule has 1 saturated heterocycles. The summed E-state index contributed by atoms with van der Waals surface area (Å²) in [6.07, 6.45) is 3.23. The van der Waals surface area contributed by atoms with E-state index in [4.69, 9.17) is 4.74 Å². The summed E-state index contributed by atoms with van der Waals surface area (Å²) in [7, 11) is 0. The van der Waals surface area contributed by atoms with Crippen molar-refractivity contribution in [1.82, 2.24) is 9.88 Å². The molecule has 1 aromatic heterocycles. The number of aromatic nitrogens is 1. The lowest BCUT2D eigenvalue weighted by molar-refractivity contribution is 0.0173. The number of pyridine rings is 1. The second-order valence-corrected chi connectivity index (χ2v) is 4.62. The molecule has 3 rings (SSSR count). The summed E-state index contributed by atoms with van der Waals surface area (Å²) in [5, 5.41) is 0. The molecule has 0 radical (unpaired) electrons. The van der Waals surface area contributed by atoms with E-state index < -0.39 is 5.82 Å². The lowest BCUT2D eigenvalue weighted by Crippen LogP contribution is -2.56. The molecule has 1 aliphatic heterocycles. The molecule has 1 aromatic carbocycles. The van der Waals surface area contributed by atoms with Gasteiger partial charge in [0, 0.05) is 6.20 Å². The third-order valence-corrected chi connectivity index (χ3v) is 3.18. The first-order valence-corrected chi connectivity index (χ1v) is 6.34. The van der Waals surface area contributed by atoms with E-state index in [-0.39, 0.29) is 17.6 Å². The van der Waals surface area contributed by atoms with Crippen molar-refractivity contribution in [2.75, 3.05) is 13.1 Å². The van der Waals surface area contributed by atoms with Crippen LogP contribution in [0.3, 0.4) is 0 Å². The molecule has 102 valence electrons. The molecule has 1 fully saturated rings. The Morgan fingerprint density at radius 2 is 2.05 bits per heavy atom. The molecule has 0 unspecified atom stereocenters. The molecule has 4 nitrogen and oxygen atoms in total. The van der Waals surface area contributed by atoms with Crippen molar-refractivity contribution in [1.29, 1.82) is 0 Å². The number of halogens is 1. The van der Waals surface area contributed by atoms with Crippen LogP contribution < -0.4 is 4.74 Å². The van der Waals surface area contributed by atoms with Gasteiger partial charge in [-0.1, -0.05) is 12.1 Å². The van der Waals surface area contributed by atoms with Crippen molar-refractivity contribution in [2.45, 2.75) is 6.10 Å². The van der Waals surface area contributed by atoms with Crippen molar-refractivity contribution in [3.05, 3.63) is 60.2 Å². The summed E-state index contributed by atoms with van der Waals surface area (Å²) in [5.74, 6) is -0.112. The van der Waals surface area contributed by atoms with E-state index in [1.165, 1.54) is 12.1 Å². The zero-order chi connectivity index (χ0) is 13.9. The molecular formula is C15H13FN2O2. The van der Waals surface area contributed by atoms with Crippen LogP contribution >= 0.6 is 0 Å². The highest BCUT2D eigenvalue weighted by Crippen LogP contribution is 2.20. The molecule has 1 aliphatic rings. The van der Waals surface area contributed by atoms with Crippen LogP contribution in [0, 0.1) is 5.82 Å². The number of ether oxygens (including phenoxy) is 1. The highest BCUT2D eigenvalue weighted by molar-refractivity contribution is 5.95. The number of nitrogens with zero attached hydrogens (tertiary/aromatic N) is 2. The minimum absolute atomic E-state index is 0.0603. The first-order chi connectivity index (χ1) is 9.74. The van der Waals surface area contributed by atoms with Gasteiger partial charge in [0.25, 0.3) is 5.91 Å². The summed E-state index contributed by atoms with van der Waals surface area (Å²) in [5.41, 5.74) is 0.104. The Bertz CT molecular complexity index is 612. The van der Waals surface area contributed by atoms with Crippen molar-refractivity contribution in [3.63, 3.8) is 0 Å². The van der Waals surface area contributed by atoms with Gasteiger partial charge in [-0.2, -0.15) is 0 Å². The third kappa shape index (κ3) is 2.47. The maximum absolute atomic E-state index is 13.5. The quantitative estimate of drug-likeness (QED) is 0.859. The largest absolute Gasteiger partial charge is 0.485 e. The van der Waals surface area contributed by atoms with Gasteiger partial charge in [0.05, 0.1) is 24.8 Å². The van der Waals surface area contributed by atoms with Gasteiger partial charge in [-0.05, 0) is 24.3 Å². The second kappa shape index (κ2) is 5.28. The van der Waals surface area contributed by atoms with Gasteiger partial charge in [0.2, 0.25) is 0 Å². The summed E-state index contributed by atoms with van der Waals surface area (Å²) in [4.78, 5) is 17.6. The number of hydrogen-bond acceptors (Lipinski definition) is 3. The summed E-state index contributed by atoms with van der Waals surface area (Å²) in [6.45, 7) is 0.921. The van der Waals surface area contributed by atoms with Crippen LogP contribution in [-0.4, -0.2) is 35.0 Å². The zero-order valence-electron chi connectivity index (χ0n) is 10.7. The zero-order valence-corrected chi connectivity index (χ0v) is 10.7. The van der Waals surface area contributed by atoms with E-state index >= 15 is 0 Å². The molecule has 0 bridgehead atoms. The average molecular weight is 272 g/mol. The Hall–Kier alpha value is -2.43. The maximum Gasteiger partial charge on any atom is 0.257 e. The molecule has 0 saturated carbocycles. The third-order valence-electron chi connectivity index (χ3n) is 3.18. The Kier molecular flexibility index (Phi) is 3.33. The van der Waals surface area contributed by atoms with Crippen molar-refractivity contribution >= 4 is 5.91 Å². The Labute approximate surface area is 115 Å². The fraction of sp³-hybridized carbons (Fsp3) is 0.200. The minimum atomic E-state index is -0.492. The van der Waals surface area contributed by atoms with E-state index in [1.807, 2.05) is 6.07 Å². The number of amides is 1. The first kappa shape index (κ1) is 12.6. The van der Waals surface area contributed by atoms with Crippen LogP contribution in [-0.2, 0) is 0 Å². The van der Waals surface area contributed by atoms with Crippen LogP contribution in [0.4, 0.5) is 4.39 Å². The van der Waals surface area contributed by atoms with Crippen LogP contribution in [0.25, 0.3) is 0 Å². The van der Waals surface area contributed by atoms with Crippen molar-refractivity contribution in [2.24, 2.45) is 0 Å². The van der Waals surface area contributed by atoms with Crippen molar-refractivity contribution < 1.29 is 13.9 Å². The lowest BCUT2D eigenvalue weighted by Gasteiger charge is -2.38. The molecule has 5 heteroatoms. The normalized spacial score (nSPS) is 14.8. The number of likely N-dealkylation sites (tertiary alicyclic amines) is 1. The molecule has 2 aromatic rings. The van der Waals surface area contributed by atoms with Gasteiger partial charge in [-0.25, -0.2) is 4.39 Å². The molecule has 0 aliphatic carbocycles. The van der Waals surface area contributed by atoms with E-state index in [0.717, 1.165) is 0 Å². The summed E-state index contributed by atoms with van der Waals surface area (Å²) < 4.78 is 19.2. The Morgan fingerprint density at radius 3 is 2.75 bits per heavy atom. The molecule has 0 atom stereocenters. The number of carbonyl (C=O) groups excluding carboxylic acids is 1. The number of rotatable bonds is 3. The lowest BCUT2D eigenvalue weighted by atomic mass is 10.1. The SMILES string of the molecule is O=C(c1ccccc1F)N1CC(Oc2cccnc2)C1. The summed E-state index contributed by atoms with van der Waals surface area (Å²) in [6, 6.07) is 9.60. The monoisotopic (exact) mass is 272 g/mol. The van der Waals surface area contributed by atoms with Gasteiger partial charge in [0.15, 0.2) is 0 Å². The van der Waals surface area contributed by atoms with Gasteiger partial charge < -0.3 is 9.64 Å². The molecular weight excluding hydrogens is 259 g/mol. The minimum Gasteiger partial charge on any atom is -0.485 e. The highest BCUT2D eigenvalue weighted by atomic mass is 19.1. The van der Waals surface area contributed by atoms with Gasteiger partial charge in [-0.3, -0.25) is 9.78 Å². The molecule has 20 heavy (non-hydrogen) atoms. The molecule has 1 amide bonds. The topological polar surface area (TPSA) is 42.4 Å². The van der Waals surface area contributed by atoms with Gasteiger partial charge in [-0.15, -0.1) is 0 Å². The van der Waals surface area contributed by atoms with E-state index in [2.05, 4.69) is 4.98 Å². The van der Waals surface area contributed by atoms with Crippen LogP contribution in [0.5, 0.6) is 5.75 Å². The number of benzene rings is 1. The average Bonchev–Trinajstić information content (AvgIpc) is 2.43.